The second kappa shape index (κ2) is 5.53. The number of amides is 1. The van der Waals surface area contributed by atoms with Crippen molar-refractivity contribution in [3.05, 3.63) is 27.7 Å². The zero-order valence-electron chi connectivity index (χ0n) is 9.18. The summed E-state index contributed by atoms with van der Waals surface area (Å²) in [5.74, 6) is -0.260. The zero-order chi connectivity index (χ0) is 12.3. The number of carbonyl (C=O) groups excluding carboxylic acids is 1. The lowest BCUT2D eigenvalue weighted by molar-refractivity contribution is -0.117. The zero-order valence-corrected chi connectivity index (χ0v) is 10.7. The molecule has 16 heavy (non-hydrogen) atoms. The number of nitrogens with two attached hydrogens (primary N) is 1. The molecule has 0 aliphatic heterocycles. The van der Waals surface area contributed by atoms with E-state index in [1.54, 1.807) is 12.1 Å². The molecule has 0 fully saturated rings. The highest BCUT2D eigenvalue weighted by Crippen LogP contribution is 2.28. The van der Waals surface area contributed by atoms with Crippen molar-refractivity contribution in [1.82, 2.24) is 0 Å². The minimum Gasteiger partial charge on any atom is -0.323 e. The molecule has 1 rings (SSSR count). The van der Waals surface area contributed by atoms with Gasteiger partial charge in [0.1, 0.15) is 0 Å². The number of benzene rings is 1. The molecule has 1 atom stereocenters. The normalized spacial score (nSPS) is 12.3. The van der Waals surface area contributed by atoms with E-state index in [2.05, 4.69) is 5.32 Å². The third-order valence-electron chi connectivity index (χ3n) is 2.28. The van der Waals surface area contributed by atoms with Crippen LogP contribution in [0.3, 0.4) is 0 Å². The van der Waals surface area contributed by atoms with Crippen molar-refractivity contribution in [2.75, 3.05) is 5.32 Å². The van der Waals surface area contributed by atoms with Gasteiger partial charge in [-0.2, -0.15) is 0 Å². The first-order valence-electron chi connectivity index (χ1n) is 4.97. The van der Waals surface area contributed by atoms with E-state index in [1.165, 1.54) is 0 Å². The van der Waals surface area contributed by atoms with Crippen molar-refractivity contribution in [2.24, 2.45) is 5.73 Å². The molecule has 3 N–H and O–H groups in total. The lowest BCUT2D eigenvalue weighted by atomic mass is 10.2. The number of anilines is 1. The molecule has 0 saturated heterocycles. The van der Waals surface area contributed by atoms with Gasteiger partial charge in [0.05, 0.1) is 16.8 Å². The van der Waals surface area contributed by atoms with Crippen molar-refractivity contribution in [2.45, 2.75) is 26.3 Å². The predicted molar refractivity (Wildman–Crippen MR) is 68.1 cm³/mol. The Balaban J connectivity index is 2.90. The van der Waals surface area contributed by atoms with E-state index in [0.29, 0.717) is 22.2 Å². The van der Waals surface area contributed by atoms with E-state index in [4.69, 9.17) is 28.9 Å². The predicted octanol–water partition coefficient (Wildman–Crippen LogP) is 2.98. The van der Waals surface area contributed by atoms with Gasteiger partial charge in [-0.05, 0) is 31.0 Å². The van der Waals surface area contributed by atoms with E-state index < -0.39 is 6.04 Å². The number of hydrogen-bond acceptors (Lipinski definition) is 2. The monoisotopic (exact) mass is 260 g/mol. The molecule has 1 amide bonds. The van der Waals surface area contributed by atoms with Crippen molar-refractivity contribution in [3.8, 4) is 0 Å². The maximum atomic E-state index is 11.6. The number of carbonyl (C=O) groups is 1. The Morgan fingerprint density at radius 3 is 2.62 bits per heavy atom. The van der Waals surface area contributed by atoms with Gasteiger partial charge in [0.25, 0.3) is 0 Å². The third-order valence-corrected chi connectivity index (χ3v) is 3.00. The SMILES string of the molecule is CC[C@@H](N)C(=O)Nc1cc(Cl)c(C)cc1Cl. The molecule has 0 bridgehead atoms. The van der Waals surface area contributed by atoms with Gasteiger partial charge in [0, 0.05) is 5.02 Å². The Bertz CT molecular complexity index is 407. The first-order valence-corrected chi connectivity index (χ1v) is 5.73. The number of nitrogens with one attached hydrogen (secondary N) is 1. The van der Waals surface area contributed by atoms with E-state index in [0.717, 1.165) is 5.56 Å². The van der Waals surface area contributed by atoms with E-state index in [1.807, 2.05) is 13.8 Å². The average Bonchev–Trinajstić information content (AvgIpc) is 2.24. The van der Waals surface area contributed by atoms with Crippen molar-refractivity contribution >= 4 is 34.8 Å². The van der Waals surface area contributed by atoms with Crippen LogP contribution in [0.15, 0.2) is 12.1 Å². The molecule has 3 nitrogen and oxygen atoms in total. The van der Waals surface area contributed by atoms with Crippen LogP contribution in [-0.4, -0.2) is 11.9 Å². The molecular weight excluding hydrogens is 247 g/mol. The Hall–Kier alpha value is -0.770. The molecule has 0 saturated carbocycles. The summed E-state index contributed by atoms with van der Waals surface area (Å²) in [5.41, 5.74) is 6.95. The third kappa shape index (κ3) is 3.11. The summed E-state index contributed by atoms with van der Waals surface area (Å²) in [6, 6.07) is 2.80. The van der Waals surface area contributed by atoms with E-state index in [9.17, 15) is 4.79 Å². The Kier molecular flexibility index (Phi) is 4.59. The quantitative estimate of drug-likeness (QED) is 0.878. The number of hydrogen-bond donors (Lipinski definition) is 2. The van der Waals surface area contributed by atoms with Gasteiger partial charge >= 0.3 is 0 Å². The molecule has 0 radical (unpaired) electrons. The molecule has 0 unspecified atom stereocenters. The summed E-state index contributed by atoms with van der Waals surface area (Å²) in [7, 11) is 0. The van der Waals surface area contributed by atoms with Crippen LogP contribution in [0.2, 0.25) is 10.0 Å². The van der Waals surface area contributed by atoms with Crippen LogP contribution in [0.25, 0.3) is 0 Å². The van der Waals surface area contributed by atoms with Gasteiger partial charge in [-0.25, -0.2) is 0 Å². The second-order valence-corrected chi connectivity index (χ2v) is 4.40. The van der Waals surface area contributed by atoms with Gasteiger partial charge < -0.3 is 11.1 Å². The van der Waals surface area contributed by atoms with Crippen LogP contribution in [0.4, 0.5) is 5.69 Å². The number of halogens is 2. The average molecular weight is 261 g/mol. The lowest BCUT2D eigenvalue weighted by Crippen LogP contribution is -2.34. The fourth-order valence-electron chi connectivity index (χ4n) is 1.15. The molecule has 0 heterocycles. The largest absolute Gasteiger partial charge is 0.323 e. The van der Waals surface area contributed by atoms with Crippen molar-refractivity contribution in [3.63, 3.8) is 0 Å². The molecule has 88 valence electrons. The van der Waals surface area contributed by atoms with Gasteiger partial charge in [-0.1, -0.05) is 30.1 Å². The first kappa shape index (κ1) is 13.3. The summed E-state index contributed by atoms with van der Waals surface area (Å²) in [5, 5.41) is 3.67. The molecule has 0 aromatic heterocycles. The topological polar surface area (TPSA) is 55.1 Å². The van der Waals surface area contributed by atoms with Crippen LogP contribution in [0, 0.1) is 6.92 Å². The lowest BCUT2D eigenvalue weighted by Gasteiger charge is -2.12. The summed E-state index contributed by atoms with van der Waals surface area (Å²) in [4.78, 5) is 11.6. The fourth-order valence-corrected chi connectivity index (χ4v) is 1.58. The van der Waals surface area contributed by atoms with Crippen LogP contribution in [0.5, 0.6) is 0 Å². The first-order chi connectivity index (χ1) is 7.45. The standard InChI is InChI=1S/C11H14Cl2N2O/c1-3-9(14)11(16)15-10-5-7(12)6(2)4-8(10)13/h4-5,9H,3,14H2,1-2H3,(H,15,16)/t9-/m1/s1. The summed E-state index contributed by atoms with van der Waals surface area (Å²) >= 11 is 11.9. The molecule has 5 heteroatoms. The van der Waals surface area contributed by atoms with E-state index in [-0.39, 0.29) is 5.91 Å². The molecular formula is C11H14Cl2N2O. The van der Waals surface area contributed by atoms with Gasteiger partial charge in [-0.15, -0.1) is 0 Å². The van der Waals surface area contributed by atoms with Crippen LogP contribution < -0.4 is 11.1 Å². The maximum Gasteiger partial charge on any atom is 0.241 e. The minimum atomic E-state index is -0.531. The van der Waals surface area contributed by atoms with Gasteiger partial charge in [-0.3, -0.25) is 4.79 Å². The smallest absolute Gasteiger partial charge is 0.241 e. The molecule has 0 aliphatic carbocycles. The second-order valence-electron chi connectivity index (χ2n) is 3.59. The van der Waals surface area contributed by atoms with Gasteiger partial charge in [0.2, 0.25) is 5.91 Å². The summed E-state index contributed by atoms with van der Waals surface area (Å²) < 4.78 is 0. The molecule has 1 aromatic carbocycles. The van der Waals surface area contributed by atoms with Crippen LogP contribution in [-0.2, 0) is 4.79 Å². The highest BCUT2D eigenvalue weighted by Gasteiger charge is 2.13. The molecule has 0 aliphatic rings. The maximum absolute atomic E-state index is 11.6. The minimum absolute atomic E-state index is 0.260. The summed E-state index contributed by atoms with van der Waals surface area (Å²) in [6.07, 6.45) is 0.572. The van der Waals surface area contributed by atoms with Crippen LogP contribution in [0.1, 0.15) is 18.9 Å². The Labute approximate surface area is 105 Å². The van der Waals surface area contributed by atoms with E-state index >= 15 is 0 Å². The Morgan fingerprint density at radius 2 is 2.06 bits per heavy atom. The fraction of sp³-hybridized carbons (Fsp3) is 0.364. The highest BCUT2D eigenvalue weighted by molar-refractivity contribution is 6.36. The molecule has 1 aromatic rings. The number of aryl methyl sites for hydroxylation is 1. The summed E-state index contributed by atoms with van der Waals surface area (Å²) in [6.45, 7) is 3.69. The van der Waals surface area contributed by atoms with Crippen LogP contribution >= 0.6 is 23.2 Å². The van der Waals surface area contributed by atoms with Gasteiger partial charge in [0.15, 0.2) is 0 Å². The highest BCUT2D eigenvalue weighted by atomic mass is 35.5. The Morgan fingerprint density at radius 1 is 1.44 bits per heavy atom. The van der Waals surface area contributed by atoms with Crippen molar-refractivity contribution in [1.29, 1.82) is 0 Å². The molecule has 0 spiro atoms. The van der Waals surface area contributed by atoms with Crippen molar-refractivity contribution < 1.29 is 4.79 Å². The number of rotatable bonds is 3.